The number of hydrogen-bond donors (Lipinski definition) is 0. The van der Waals surface area contributed by atoms with Crippen molar-refractivity contribution in [3.63, 3.8) is 0 Å². The molecule has 2 aromatic rings. The van der Waals surface area contributed by atoms with Gasteiger partial charge in [-0.3, -0.25) is 0 Å². The van der Waals surface area contributed by atoms with E-state index >= 15 is 0 Å². The quantitative estimate of drug-likeness (QED) is 0.669. The molecule has 0 bridgehead atoms. The lowest BCUT2D eigenvalue weighted by molar-refractivity contribution is 0.827. The zero-order valence-corrected chi connectivity index (χ0v) is 8.78. The van der Waals surface area contributed by atoms with Crippen LogP contribution in [0.2, 0.25) is 0 Å². The number of hydrogen-bond acceptors (Lipinski definition) is 1. The number of rotatable bonds is 1. The summed E-state index contributed by atoms with van der Waals surface area (Å²) in [5, 5.41) is 0. The van der Waals surface area contributed by atoms with Crippen molar-refractivity contribution in [2.75, 3.05) is 0 Å². The molecule has 1 aromatic carbocycles. The Hall–Kier alpha value is -1.57. The minimum absolute atomic E-state index is 1.06. The Balaban J connectivity index is 2.58. The molecule has 72 valence electrons. The number of benzene rings is 1. The molecule has 0 aliphatic rings. The van der Waals surface area contributed by atoms with Crippen molar-refractivity contribution >= 4 is 0 Å². The van der Waals surface area contributed by atoms with Crippen LogP contribution in [0.3, 0.4) is 0 Å². The fourth-order valence-electron chi connectivity index (χ4n) is 1.59. The van der Waals surface area contributed by atoms with Gasteiger partial charge in [0.2, 0.25) is 0 Å². The molecule has 0 fully saturated rings. The van der Waals surface area contributed by atoms with E-state index in [1.54, 1.807) is 0 Å². The Labute approximate surface area is 84.2 Å². The maximum absolute atomic E-state index is 4.54. The predicted molar refractivity (Wildman–Crippen MR) is 58.1 cm³/mol. The lowest BCUT2D eigenvalue weighted by Crippen LogP contribution is -1.93. The third-order valence-electron chi connectivity index (χ3n) is 2.65. The van der Waals surface area contributed by atoms with E-state index in [0.717, 1.165) is 11.5 Å². The molecule has 0 radical (unpaired) electrons. The van der Waals surface area contributed by atoms with Crippen molar-refractivity contribution in [2.45, 2.75) is 13.8 Å². The molecule has 0 atom stereocenters. The van der Waals surface area contributed by atoms with Crippen molar-refractivity contribution < 1.29 is 0 Å². The van der Waals surface area contributed by atoms with Crippen LogP contribution in [0.1, 0.15) is 11.5 Å². The zero-order valence-electron chi connectivity index (χ0n) is 8.78. The molecule has 0 aliphatic carbocycles. The van der Waals surface area contributed by atoms with Crippen LogP contribution in [-0.4, -0.2) is 9.55 Å². The highest BCUT2D eigenvalue weighted by Gasteiger charge is 2.08. The molecule has 0 saturated carbocycles. The summed E-state index contributed by atoms with van der Waals surface area (Å²) in [6.07, 6.45) is 0. The Kier molecular flexibility index (Phi) is 2.12. The van der Waals surface area contributed by atoms with Gasteiger partial charge in [0.25, 0.3) is 0 Å². The van der Waals surface area contributed by atoms with Gasteiger partial charge in [-0.25, -0.2) is 4.98 Å². The van der Waals surface area contributed by atoms with E-state index in [1.165, 1.54) is 11.3 Å². The minimum atomic E-state index is 1.06. The lowest BCUT2D eigenvalue weighted by atomic mass is 10.1. The molecule has 2 heteroatoms. The molecule has 2 nitrogen and oxygen atoms in total. The molecule has 0 unspecified atom stereocenters. The average molecular weight is 186 g/mol. The van der Waals surface area contributed by atoms with E-state index in [1.807, 2.05) is 32.2 Å². The van der Waals surface area contributed by atoms with Crippen molar-refractivity contribution in [1.82, 2.24) is 9.55 Å². The maximum atomic E-state index is 4.54. The number of nitrogens with zero attached hydrogens (tertiary/aromatic N) is 2. The second kappa shape index (κ2) is 3.29. The second-order valence-corrected chi connectivity index (χ2v) is 3.52. The van der Waals surface area contributed by atoms with Crippen LogP contribution in [0, 0.1) is 13.8 Å². The molecular formula is C12H14N2. The van der Waals surface area contributed by atoms with Crippen molar-refractivity contribution in [1.29, 1.82) is 0 Å². The predicted octanol–water partition coefficient (Wildman–Crippen LogP) is 2.70. The highest BCUT2D eigenvalue weighted by Crippen LogP contribution is 2.21. The van der Waals surface area contributed by atoms with Crippen molar-refractivity contribution in [3.05, 3.63) is 41.9 Å². The van der Waals surface area contributed by atoms with E-state index in [4.69, 9.17) is 0 Å². The Morgan fingerprint density at radius 2 is 1.71 bits per heavy atom. The lowest BCUT2D eigenvalue weighted by Gasteiger charge is -1.99. The van der Waals surface area contributed by atoms with E-state index in [0.29, 0.717) is 0 Å². The van der Waals surface area contributed by atoms with Gasteiger partial charge in [-0.05, 0) is 13.8 Å². The van der Waals surface area contributed by atoms with Crippen LogP contribution in [0.25, 0.3) is 11.3 Å². The summed E-state index contributed by atoms with van der Waals surface area (Å²) < 4.78 is 2.11. The maximum Gasteiger partial charge on any atom is 0.106 e. The highest BCUT2D eigenvalue weighted by atomic mass is 15.1. The third-order valence-corrected chi connectivity index (χ3v) is 2.65. The topological polar surface area (TPSA) is 17.8 Å². The molecule has 0 spiro atoms. The standard InChI is InChI=1S/C12H14N2/c1-9-12(13-10(2)14(9)3)11-7-5-4-6-8-11/h4-8H,1-3H3. The number of aryl methyl sites for hydroxylation is 1. The number of aromatic nitrogens is 2. The second-order valence-electron chi connectivity index (χ2n) is 3.52. The van der Waals surface area contributed by atoms with Gasteiger partial charge in [0.1, 0.15) is 5.82 Å². The summed E-state index contributed by atoms with van der Waals surface area (Å²) >= 11 is 0. The first-order valence-corrected chi connectivity index (χ1v) is 4.75. The summed E-state index contributed by atoms with van der Waals surface area (Å²) in [5.41, 5.74) is 3.49. The molecular weight excluding hydrogens is 172 g/mol. The largest absolute Gasteiger partial charge is 0.335 e. The van der Waals surface area contributed by atoms with Gasteiger partial charge in [-0.15, -0.1) is 0 Å². The summed E-state index contributed by atoms with van der Waals surface area (Å²) in [4.78, 5) is 4.54. The van der Waals surface area contributed by atoms with Crippen LogP contribution in [0.15, 0.2) is 30.3 Å². The van der Waals surface area contributed by atoms with Crippen molar-refractivity contribution in [2.24, 2.45) is 7.05 Å². The Morgan fingerprint density at radius 3 is 2.21 bits per heavy atom. The summed E-state index contributed by atoms with van der Waals surface area (Å²) in [6, 6.07) is 10.3. The third kappa shape index (κ3) is 1.33. The Bertz CT molecular complexity index is 441. The van der Waals surface area contributed by atoms with Crippen LogP contribution in [-0.2, 0) is 7.05 Å². The van der Waals surface area contributed by atoms with Gasteiger partial charge in [0.15, 0.2) is 0 Å². The van der Waals surface area contributed by atoms with Crippen LogP contribution >= 0.6 is 0 Å². The van der Waals surface area contributed by atoms with E-state index in [9.17, 15) is 0 Å². The zero-order chi connectivity index (χ0) is 10.1. The first-order valence-electron chi connectivity index (χ1n) is 4.75. The first kappa shape index (κ1) is 9.00. The summed E-state index contributed by atoms with van der Waals surface area (Å²) in [5.74, 6) is 1.06. The summed E-state index contributed by atoms with van der Waals surface area (Å²) in [6.45, 7) is 4.13. The fourth-order valence-corrected chi connectivity index (χ4v) is 1.59. The van der Waals surface area contributed by atoms with E-state index in [-0.39, 0.29) is 0 Å². The average Bonchev–Trinajstić information content (AvgIpc) is 2.47. The SMILES string of the molecule is Cc1nc(-c2ccccc2)c(C)n1C. The highest BCUT2D eigenvalue weighted by molar-refractivity contribution is 5.61. The van der Waals surface area contributed by atoms with Gasteiger partial charge >= 0.3 is 0 Å². The Morgan fingerprint density at radius 1 is 1.07 bits per heavy atom. The molecule has 0 saturated heterocycles. The number of imidazole rings is 1. The van der Waals surface area contributed by atoms with Crippen LogP contribution in [0.4, 0.5) is 0 Å². The van der Waals surface area contributed by atoms with Crippen molar-refractivity contribution in [3.8, 4) is 11.3 Å². The molecule has 2 rings (SSSR count). The summed E-state index contributed by atoms with van der Waals surface area (Å²) in [7, 11) is 2.05. The first-order chi connectivity index (χ1) is 6.70. The molecule has 14 heavy (non-hydrogen) atoms. The van der Waals surface area contributed by atoms with E-state index in [2.05, 4.69) is 28.6 Å². The molecule has 1 heterocycles. The van der Waals surface area contributed by atoms with Gasteiger partial charge in [-0.1, -0.05) is 30.3 Å². The molecule has 1 aromatic heterocycles. The van der Waals surface area contributed by atoms with Crippen LogP contribution < -0.4 is 0 Å². The van der Waals surface area contributed by atoms with E-state index < -0.39 is 0 Å². The minimum Gasteiger partial charge on any atom is -0.335 e. The van der Waals surface area contributed by atoms with Gasteiger partial charge in [-0.2, -0.15) is 0 Å². The normalized spacial score (nSPS) is 10.5. The molecule has 0 N–H and O–H groups in total. The molecule has 0 amide bonds. The van der Waals surface area contributed by atoms with Crippen LogP contribution in [0.5, 0.6) is 0 Å². The fraction of sp³-hybridized carbons (Fsp3) is 0.250. The van der Waals surface area contributed by atoms with Gasteiger partial charge in [0.05, 0.1) is 5.69 Å². The van der Waals surface area contributed by atoms with Gasteiger partial charge < -0.3 is 4.57 Å². The van der Waals surface area contributed by atoms with Gasteiger partial charge in [0, 0.05) is 18.3 Å². The monoisotopic (exact) mass is 186 g/mol. The smallest absolute Gasteiger partial charge is 0.106 e. The molecule has 0 aliphatic heterocycles.